The fourth-order valence-electron chi connectivity index (χ4n) is 1.66. The summed E-state index contributed by atoms with van der Waals surface area (Å²) in [7, 11) is 3.13. The Labute approximate surface area is 114 Å². The average molecular weight is 275 g/mol. The van der Waals surface area contributed by atoms with Gasteiger partial charge in [0.1, 0.15) is 5.75 Å². The third-order valence-corrected chi connectivity index (χ3v) is 2.64. The molecule has 1 heterocycles. The summed E-state index contributed by atoms with van der Waals surface area (Å²) in [6.07, 6.45) is 1.64. The lowest BCUT2D eigenvalue weighted by Gasteiger charge is -2.10. The van der Waals surface area contributed by atoms with E-state index in [0.717, 1.165) is 0 Å². The maximum absolute atomic E-state index is 12.0. The van der Waals surface area contributed by atoms with Gasteiger partial charge in [-0.3, -0.25) is 9.48 Å². The highest BCUT2D eigenvalue weighted by Crippen LogP contribution is 2.26. The van der Waals surface area contributed by atoms with Crippen molar-refractivity contribution in [3.8, 4) is 5.75 Å². The molecule has 0 saturated carbocycles. The van der Waals surface area contributed by atoms with Crippen molar-refractivity contribution in [2.24, 2.45) is 7.05 Å². The number of methoxy groups -OCH3 is 1. The molecule has 0 aliphatic carbocycles. The third kappa shape index (κ3) is 2.77. The molecule has 2 rings (SSSR count). The predicted molar refractivity (Wildman–Crippen MR) is 71.1 cm³/mol. The summed E-state index contributed by atoms with van der Waals surface area (Å²) in [5.41, 5.74) is 0.570. The van der Waals surface area contributed by atoms with Gasteiger partial charge >= 0.3 is 5.97 Å². The van der Waals surface area contributed by atoms with Gasteiger partial charge in [-0.25, -0.2) is 4.79 Å². The van der Waals surface area contributed by atoms with E-state index in [1.807, 2.05) is 0 Å². The highest BCUT2D eigenvalue weighted by Gasteiger charge is 2.14. The summed E-state index contributed by atoms with van der Waals surface area (Å²) in [6, 6.07) is 5.78. The van der Waals surface area contributed by atoms with Crippen LogP contribution in [0.3, 0.4) is 0 Å². The average Bonchev–Trinajstić information content (AvgIpc) is 2.85. The van der Waals surface area contributed by atoms with Crippen molar-refractivity contribution >= 4 is 17.6 Å². The van der Waals surface area contributed by atoms with Crippen molar-refractivity contribution in [2.75, 3.05) is 12.4 Å². The van der Waals surface area contributed by atoms with Crippen molar-refractivity contribution in [1.82, 2.24) is 9.78 Å². The first kappa shape index (κ1) is 13.6. The van der Waals surface area contributed by atoms with Crippen LogP contribution in [0, 0.1) is 0 Å². The van der Waals surface area contributed by atoms with Gasteiger partial charge in [-0.2, -0.15) is 5.10 Å². The third-order valence-electron chi connectivity index (χ3n) is 2.64. The van der Waals surface area contributed by atoms with E-state index < -0.39 is 11.9 Å². The summed E-state index contributed by atoms with van der Waals surface area (Å²) < 4.78 is 6.59. The first-order chi connectivity index (χ1) is 9.51. The number of aromatic carboxylic acids is 1. The van der Waals surface area contributed by atoms with Crippen molar-refractivity contribution in [2.45, 2.75) is 0 Å². The molecule has 0 unspecified atom stereocenters. The lowest BCUT2D eigenvalue weighted by molar-refractivity contribution is 0.0696. The molecule has 0 atom stereocenters. The number of anilines is 1. The Morgan fingerprint density at radius 3 is 2.65 bits per heavy atom. The molecule has 0 radical (unpaired) electrons. The van der Waals surface area contributed by atoms with Crippen LogP contribution < -0.4 is 10.1 Å². The Balaban J connectivity index is 2.29. The number of ether oxygens (including phenoxy) is 1. The Morgan fingerprint density at radius 1 is 1.35 bits per heavy atom. The Bertz CT molecular complexity index is 663. The minimum atomic E-state index is -1.08. The molecule has 1 aromatic carbocycles. The van der Waals surface area contributed by atoms with Crippen LogP contribution in [0.4, 0.5) is 5.69 Å². The summed E-state index contributed by atoms with van der Waals surface area (Å²) in [5.74, 6) is -1.15. The number of nitrogens with zero attached hydrogens (tertiary/aromatic N) is 2. The van der Waals surface area contributed by atoms with Crippen molar-refractivity contribution in [3.05, 3.63) is 41.7 Å². The van der Waals surface area contributed by atoms with Gasteiger partial charge in [-0.1, -0.05) is 0 Å². The monoisotopic (exact) mass is 275 g/mol. The van der Waals surface area contributed by atoms with Crippen molar-refractivity contribution < 1.29 is 19.4 Å². The van der Waals surface area contributed by atoms with Crippen LogP contribution in [0.15, 0.2) is 30.5 Å². The van der Waals surface area contributed by atoms with Gasteiger partial charge in [0.05, 0.1) is 18.4 Å². The number of carboxylic acid groups (broad SMARTS) is 1. The quantitative estimate of drug-likeness (QED) is 0.879. The van der Waals surface area contributed by atoms with Crippen LogP contribution in [0.25, 0.3) is 0 Å². The second-order valence-corrected chi connectivity index (χ2v) is 4.05. The number of rotatable bonds is 4. The lowest BCUT2D eigenvalue weighted by Crippen LogP contribution is -2.14. The number of hydrogen-bond acceptors (Lipinski definition) is 4. The first-order valence-electron chi connectivity index (χ1n) is 5.73. The summed E-state index contributed by atoms with van der Waals surface area (Å²) in [5, 5.41) is 15.5. The van der Waals surface area contributed by atoms with E-state index in [9.17, 15) is 9.59 Å². The molecule has 0 aliphatic heterocycles. The minimum absolute atomic E-state index is 0.0575. The van der Waals surface area contributed by atoms with E-state index in [4.69, 9.17) is 9.84 Å². The molecule has 1 amide bonds. The number of carbonyl (C=O) groups excluding carboxylic acids is 1. The number of aromatic nitrogens is 2. The van der Waals surface area contributed by atoms with Gasteiger partial charge in [-0.05, 0) is 24.3 Å². The summed E-state index contributed by atoms with van der Waals surface area (Å²) in [6.45, 7) is 0. The predicted octanol–water partition coefficient (Wildman–Crippen LogP) is 1.38. The molecule has 104 valence electrons. The first-order valence-corrected chi connectivity index (χ1v) is 5.73. The van der Waals surface area contributed by atoms with E-state index >= 15 is 0 Å². The van der Waals surface area contributed by atoms with Gasteiger partial charge in [0, 0.05) is 13.2 Å². The number of aryl methyl sites for hydroxylation is 1. The molecule has 7 heteroatoms. The highest BCUT2D eigenvalue weighted by atomic mass is 16.5. The van der Waals surface area contributed by atoms with Crippen LogP contribution in [-0.4, -0.2) is 33.9 Å². The molecular formula is C13H13N3O4. The second kappa shape index (κ2) is 5.43. The molecule has 0 aliphatic rings. The molecular weight excluding hydrogens is 262 g/mol. The molecule has 1 aromatic heterocycles. The lowest BCUT2D eigenvalue weighted by atomic mass is 10.2. The topological polar surface area (TPSA) is 93.5 Å². The molecule has 7 nitrogen and oxygen atoms in total. The Morgan fingerprint density at radius 2 is 2.10 bits per heavy atom. The van der Waals surface area contributed by atoms with Crippen molar-refractivity contribution in [3.63, 3.8) is 0 Å². The number of carboxylic acids is 1. The second-order valence-electron chi connectivity index (χ2n) is 4.05. The van der Waals surface area contributed by atoms with Crippen LogP contribution >= 0.6 is 0 Å². The molecule has 2 N–H and O–H groups in total. The van der Waals surface area contributed by atoms with Crippen LogP contribution in [0.5, 0.6) is 5.75 Å². The van der Waals surface area contributed by atoms with Crippen molar-refractivity contribution in [1.29, 1.82) is 0 Å². The molecule has 0 spiro atoms. The van der Waals surface area contributed by atoms with E-state index in [1.165, 1.54) is 30.0 Å². The van der Waals surface area contributed by atoms with Crippen LogP contribution in [0.2, 0.25) is 0 Å². The Hall–Kier alpha value is -2.83. The zero-order valence-corrected chi connectivity index (χ0v) is 11.0. The summed E-state index contributed by atoms with van der Waals surface area (Å²) in [4.78, 5) is 22.9. The molecule has 0 fully saturated rings. The normalized spacial score (nSPS) is 10.1. The van der Waals surface area contributed by atoms with Gasteiger partial charge < -0.3 is 15.2 Å². The molecule has 0 saturated heterocycles. The van der Waals surface area contributed by atoms with Crippen LogP contribution in [0.1, 0.15) is 20.8 Å². The standard InChI is InChI=1S/C13H13N3O4/c1-16-6-5-9(15-16)12(17)14-10-7-8(13(18)19)3-4-11(10)20-2/h3-7H,1-2H3,(H,14,17)(H,18,19). The Kier molecular flexibility index (Phi) is 3.69. The smallest absolute Gasteiger partial charge is 0.335 e. The van der Waals surface area contributed by atoms with E-state index in [1.54, 1.807) is 19.3 Å². The molecule has 2 aromatic rings. The van der Waals surface area contributed by atoms with E-state index in [0.29, 0.717) is 5.75 Å². The highest BCUT2D eigenvalue weighted by molar-refractivity contribution is 6.04. The maximum atomic E-state index is 12.0. The maximum Gasteiger partial charge on any atom is 0.335 e. The van der Waals surface area contributed by atoms with Gasteiger partial charge in [0.15, 0.2) is 5.69 Å². The summed E-state index contributed by atoms with van der Waals surface area (Å²) >= 11 is 0. The largest absolute Gasteiger partial charge is 0.495 e. The SMILES string of the molecule is COc1ccc(C(=O)O)cc1NC(=O)c1ccn(C)n1. The van der Waals surface area contributed by atoms with E-state index in [-0.39, 0.29) is 16.9 Å². The number of carbonyl (C=O) groups is 2. The van der Waals surface area contributed by atoms with Gasteiger partial charge in [-0.15, -0.1) is 0 Å². The fourth-order valence-corrected chi connectivity index (χ4v) is 1.66. The van der Waals surface area contributed by atoms with E-state index in [2.05, 4.69) is 10.4 Å². The number of benzene rings is 1. The zero-order valence-electron chi connectivity index (χ0n) is 11.0. The zero-order chi connectivity index (χ0) is 14.7. The number of amides is 1. The van der Waals surface area contributed by atoms with Crippen LogP contribution in [-0.2, 0) is 7.05 Å². The molecule has 0 bridgehead atoms. The van der Waals surface area contributed by atoms with Gasteiger partial charge in [0.25, 0.3) is 5.91 Å². The minimum Gasteiger partial charge on any atom is -0.495 e. The molecule has 20 heavy (non-hydrogen) atoms. The van der Waals surface area contributed by atoms with Gasteiger partial charge in [0.2, 0.25) is 0 Å². The number of hydrogen-bond donors (Lipinski definition) is 2. The fraction of sp³-hybridized carbons (Fsp3) is 0.154. The number of nitrogens with one attached hydrogen (secondary N) is 1.